The summed E-state index contributed by atoms with van der Waals surface area (Å²) in [6, 6.07) is 6.70. The van der Waals surface area contributed by atoms with Crippen molar-refractivity contribution in [2.75, 3.05) is 13.7 Å². The molecule has 2 atom stereocenters. The van der Waals surface area contributed by atoms with Crippen molar-refractivity contribution in [1.82, 2.24) is 9.88 Å². The summed E-state index contributed by atoms with van der Waals surface area (Å²) in [4.78, 5) is 6.06. The van der Waals surface area contributed by atoms with Crippen LogP contribution in [0.1, 0.15) is 23.6 Å². The van der Waals surface area contributed by atoms with E-state index in [4.69, 9.17) is 4.74 Å². The van der Waals surface area contributed by atoms with Gasteiger partial charge in [-0.3, -0.25) is 4.90 Å². The van der Waals surface area contributed by atoms with Crippen LogP contribution in [0.15, 0.2) is 36.5 Å². The molecule has 0 saturated carbocycles. The van der Waals surface area contributed by atoms with E-state index in [0.29, 0.717) is 25.4 Å². The van der Waals surface area contributed by atoms with E-state index in [-0.39, 0.29) is 11.6 Å². The molecule has 2 heterocycles. The van der Waals surface area contributed by atoms with Gasteiger partial charge in [-0.25, -0.2) is 13.8 Å². The fraction of sp³-hybridized carbons (Fsp3) is 0.353. The van der Waals surface area contributed by atoms with Gasteiger partial charge in [-0.1, -0.05) is 6.07 Å². The zero-order chi connectivity index (χ0) is 16.4. The van der Waals surface area contributed by atoms with Crippen LogP contribution in [-0.4, -0.2) is 34.7 Å². The molecule has 1 saturated heterocycles. The van der Waals surface area contributed by atoms with Gasteiger partial charge in [0.05, 0.1) is 13.2 Å². The van der Waals surface area contributed by atoms with E-state index in [1.807, 2.05) is 11.0 Å². The Morgan fingerprint density at radius 3 is 2.96 bits per heavy atom. The molecule has 0 radical (unpaired) electrons. The molecule has 0 aliphatic carbocycles. The minimum Gasteiger partial charge on any atom is -0.481 e. The average molecular weight is 320 g/mol. The molecule has 1 aliphatic rings. The van der Waals surface area contributed by atoms with E-state index in [0.717, 1.165) is 17.7 Å². The van der Waals surface area contributed by atoms with E-state index in [9.17, 15) is 13.9 Å². The number of nitrogens with zero attached hydrogens (tertiary/aromatic N) is 2. The molecule has 0 amide bonds. The van der Waals surface area contributed by atoms with Crippen molar-refractivity contribution >= 4 is 0 Å². The van der Waals surface area contributed by atoms with Crippen LogP contribution in [0.4, 0.5) is 8.78 Å². The molecular formula is C17H18F2N2O2. The first-order chi connectivity index (χ1) is 11.1. The number of aliphatic hydroxyl groups is 1. The number of halogens is 2. The number of benzene rings is 1. The third kappa shape index (κ3) is 3.33. The molecule has 1 fully saturated rings. The predicted octanol–water partition coefficient (Wildman–Crippen LogP) is 2.68. The maximum Gasteiger partial charge on any atom is 0.217 e. The van der Waals surface area contributed by atoms with Gasteiger partial charge in [0.2, 0.25) is 5.88 Å². The van der Waals surface area contributed by atoms with Gasteiger partial charge in [-0.05, 0) is 30.7 Å². The fourth-order valence-electron chi connectivity index (χ4n) is 3.09. The number of pyridine rings is 1. The van der Waals surface area contributed by atoms with Gasteiger partial charge in [-0.15, -0.1) is 0 Å². The third-order valence-corrected chi connectivity index (χ3v) is 4.12. The smallest absolute Gasteiger partial charge is 0.217 e. The molecule has 2 aromatic rings. The summed E-state index contributed by atoms with van der Waals surface area (Å²) in [6.07, 6.45) is 1.42. The molecule has 122 valence electrons. The highest BCUT2D eigenvalue weighted by Crippen LogP contribution is 2.35. The number of hydrogen-bond donors (Lipinski definition) is 1. The number of aliphatic hydroxyl groups excluding tert-OH is 1. The van der Waals surface area contributed by atoms with E-state index in [1.54, 1.807) is 12.3 Å². The van der Waals surface area contributed by atoms with Crippen molar-refractivity contribution in [1.29, 1.82) is 0 Å². The summed E-state index contributed by atoms with van der Waals surface area (Å²) < 4.78 is 32.8. The van der Waals surface area contributed by atoms with Crippen molar-refractivity contribution in [3.05, 3.63) is 59.3 Å². The van der Waals surface area contributed by atoms with Crippen molar-refractivity contribution < 1.29 is 18.6 Å². The first kappa shape index (κ1) is 15.8. The minimum absolute atomic E-state index is 0.268. The summed E-state index contributed by atoms with van der Waals surface area (Å²) >= 11 is 0. The minimum atomic E-state index is -0.578. The third-order valence-electron chi connectivity index (χ3n) is 4.12. The lowest BCUT2D eigenvalue weighted by atomic mass is 10.0. The molecule has 1 N–H and O–H groups in total. The Morgan fingerprint density at radius 2 is 2.17 bits per heavy atom. The van der Waals surface area contributed by atoms with Crippen LogP contribution in [0.25, 0.3) is 0 Å². The van der Waals surface area contributed by atoms with Crippen molar-refractivity contribution in [2.45, 2.75) is 25.1 Å². The molecule has 0 spiro atoms. The summed E-state index contributed by atoms with van der Waals surface area (Å²) in [5.74, 6) is -0.456. The Balaban J connectivity index is 1.89. The molecule has 1 aliphatic heterocycles. The van der Waals surface area contributed by atoms with Crippen LogP contribution >= 0.6 is 0 Å². The van der Waals surface area contributed by atoms with Crippen molar-refractivity contribution in [2.24, 2.45) is 0 Å². The normalized spacial score (nSPS) is 21.6. The highest BCUT2D eigenvalue weighted by molar-refractivity contribution is 5.28. The van der Waals surface area contributed by atoms with Gasteiger partial charge in [0.1, 0.15) is 11.6 Å². The molecule has 4 nitrogen and oxygen atoms in total. The zero-order valence-corrected chi connectivity index (χ0v) is 12.7. The fourth-order valence-corrected chi connectivity index (χ4v) is 3.09. The molecule has 3 rings (SSSR count). The van der Waals surface area contributed by atoms with Gasteiger partial charge in [0.15, 0.2) is 0 Å². The second kappa shape index (κ2) is 6.60. The molecule has 0 bridgehead atoms. The molecular weight excluding hydrogens is 302 g/mol. The van der Waals surface area contributed by atoms with Crippen LogP contribution in [0, 0.1) is 11.6 Å². The number of likely N-dealkylation sites (tertiary alicyclic amines) is 1. The summed E-state index contributed by atoms with van der Waals surface area (Å²) in [5, 5.41) is 9.99. The van der Waals surface area contributed by atoms with Crippen LogP contribution < -0.4 is 4.74 Å². The molecule has 23 heavy (non-hydrogen) atoms. The first-order valence-corrected chi connectivity index (χ1v) is 7.43. The Hall–Kier alpha value is -2.05. The van der Waals surface area contributed by atoms with E-state index >= 15 is 0 Å². The second-order valence-electron chi connectivity index (χ2n) is 5.67. The van der Waals surface area contributed by atoms with E-state index in [2.05, 4.69) is 4.98 Å². The topological polar surface area (TPSA) is 45.6 Å². The van der Waals surface area contributed by atoms with Crippen LogP contribution in [0.3, 0.4) is 0 Å². The Bertz CT molecular complexity index is 696. The molecule has 6 heteroatoms. The molecule has 1 aromatic carbocycles. The average Bonchev–Trinajstić information content (AvgIpc) is 2.90. The Morgan fingerprint density at radius 1 is 1.35 bits per heavy atom. The van der Waals surface area contributed by atoms with Crippen LogP contribution in [0.5, 0.6) is 5.88 Å². The number of methoxy groups -OCH3 is 1. The Labute approximate surface area is 133 Å². The van der Waals surface area contributed by atoms with Gasteiger partial charge in [-0.2, -0.15) is 0 Å². The highest BCUT2D eigenvalue weighted by Gasteiger charge is 2.34. The lowest BCUT2D eigenvalue weighted by molar-refractivity contribution is 0.171. The van der Waals surface area contributed by atoms with Crippen LogP contribution in [0.2, 0.25) is 0 Å². The van der Waals surface area contributed by atoms with Crippen molar-refractivity contribution in [3.63, 3.8) is 0 Å². The standard InChI is InChI=1S/C17H18F2N2O2/c1-23-17-11(3-2-6-20-17)9-21-10-13(22)8-16(21)14-7-12(18)4-5-15(14)19/h2-7,13,16,22H,8-10H2,1H3/t13-,16-/m1/s1. The van der Waals surface area contributed by atoms with Gasteiger partial charge < -0.3 is 9.84 Å². The number of rotatable bonds is 4. The van der Waals surface area contributed by atoms with Crippen LogP contribution in [-0.2, 0) is 6.54 Å². The quantitative estimate of drug-likeness (QED) is 0.941. The lowest BCUT2D eigenvalue weighted by Crippen LogP contribution is -2.25. The first-order valence-electron chi connectivity index (χ1n) is 7.43. The summed E-state index contributed by atoms with van der Waals surface area (Å²) in [5.41, 5.74) is 1.11. The SMILES string of the molecule is COc1ncccc1CN1C[C@H](O)C[C@@H]1c1cc(F)ccc1F. The molecule has 1 aromatic heterocycles. The van der Waals surface area contributed by atoms with Crippen molar-refractivity contribution in [3.8, 4) is 5.88 Å². The Kier molecular flexibility index (Phi) is 4.54. The maximum absolute atomic E-state index is 14.1. The second-order valence-corrected chi connectivity index (χ2v) is 5.67. The lowest BCUT2D eigenvalue weighted by Gasteiger charge is -2.25. The molecule has 0 unspecified atom stereocenters. The summed E-state index contributed by atoms with van der Waals surface area (Å²) in [7, 11) is 1.54. The number of β-amino-alcohol motifs (C(OH)–C–C–N with tert-alkyl or cyclic N) is 1. The summed E-state index contributed by atoms with van der Waals surface area (Å²) in [6.45, 7) is 0.827. The zero-order valence-electron chi connectivity index (χ0n) is 12.7. The highest BCUT2D eigenvalue weighted by atomic mass is 19.1. The van der Waals surface area contributed by atoms with Gasteiger partial charge in [0, 0.05) is 36.5 Å². The number of ether oxygens (including phenoxy) is 1. The van der Waals surface area contributed by atoms with E-state index < -0.39 is 17.7 Å². The van der Waals surface area contributed by atoms with Gasteiger partial charge >= 0.3 is 0 Å². The van der Waals surface area contributed by atoms with E-state index in [1.165, 1.54) is 13.2 Å². The van der Waals surface area contributed by atoms with Gasteiger partial charge in [0.25, 0.3) is 0 Å². The number of hydrogen-bond acceptors (Lipinski definition) is 4. The monoisotopic (exact) mass is 320 g/mol. The number of aromatic nitrogens is 1. The predicted molar refractivity (Wildman–Crippen MR) is 80.9 cm³/mol. The largest absolute Gasteiger partial charge is 0.481 e. The maximum atomic E-state index is 14.1.